The normalized spacial score (nSPS) is 11.7. The summed E-state index contributed by atoms with van der Waals surface area (Å²) in [6.07, 6.45) is -3.28. The fourth-order valence-electron chi connectivity index (χ4n) is 1.39. The van der Waals surface area contributed by atoms with Gasteiger partial charge in [0.25, 0.3) is 0 Å². The molecule has 0 radical (unpaired) electrons. The molecule has 1 heterocycles. The molecule has 0 aliphatic heterocycles. The van der Waals surface area contributed by atoms with Crippen LogP contribution < -0.4 is 5.73 Å². The standard InChI is InChI=1S/C10H7F3N2O2/c11-10(12,13)5-1-2-6(8(16)3-5)7-4-15-17-9(7)14/h1-4,16H,14H2. The topological polar surface area (TPSA) is 72.3 Å². The monoisotopic (exact) mass is 244 g/mol. The van der Waals surface area contributed by atoms with Crippen LogP contribution in [0.15, 0.2) is 28.9 Å². The minimum absolute atomic E-state index is 0.0694. The fourth-order valence-corrected chi connectivity index (χ4v) is 1.39. The number of hydrogen-bond donors (Lipinski definition) is 2. The van der Waals surface area contributed by atoms with Gasteiger partial charge in [0, 0.05) is 5.56 Å². The summed E-state index contributed by atoms with van der Waals surface area (Å²) in [5.41, 5.74) is 4.85. The van der Waals surface area contributed by atoms with Gasteiger partial charge in [-0.1, -0.05) is 5.16 Å². The zero-order valence-corrected chi connectivity index (χ0v) is 8.32. The molecule has 1 aromatic heterocycles. The number of hydrogen-bond acceptors (Lipinski definition) is 4. The molecule has 90 valence electrons. The van der Waals surface area contributed by atoms with E-state index in [1.807, 2.05) is 0 Å². The van der Waals surface area contributed by atoms with Crippen molar-refractivity contribution in [2.24, 2.45) is 0 Å². The summed E-state index contributed by atoms with van der Waals surface area (Å²) in [6, 6.07) is 2.59. The average Bonchev–Trinajstić information content (AvgIpc) is 2.63. The Morgan fingerprint density at radius 3 is 2.41 bits per heavy atom. The number of aromatic nitrogens is 1. The van der Waals surface area contributed by atoms with E-state index in [9.17, 15) is 18.3 Å². The van der Waals surface area contributed by atoms with E-state index in [2.05, 4.69) is 9.68 Å². The fraction of sp³-hybridized carbons (Fsp3) is 0.100. The van der Waals surface area contributed by atoms with Crippen LogP contribution in [-0.2, 0) is 6.18 Å². The molecule has 2 rings (SSSR count). The molecule has 0 saturated heterocycles. The number of halogens is 3. The molecule has 0 unspecified atom stereocenters. The smallest absolute Gasteiger partial charge is 0.416 e. The lowest BCUT2D eigenvalue weighted by molar-refractivity contribution is -0.137. The van der Waals surface area contributed by atoms with Crippen LogP contribution in [0.2, 0.25) is 0 Å². The van der Waals surface area contributed by atoms with Crippen LogP contribution in [0.1, 0.15) is 5.56 Å². The third-order valence-electron chi connectivity index (χ3n) is 2.21. The van der Waals surface area contributed by atoms with Gasteiger partial charge in [-0.3, -0.25) is 0 Å². The number of nitrogen functional groups attached to an aromatic ring is 1. The van der Waals surface area contributed by atoms with Crippen LogP contribution >= 0.6 is 0 Å². The van der Waals surface area contributed by atoms with Gasteiger partial charge in [-0.2, -0.15) is 13.2 Å². The molecular formula is C10H7F3N2O2. The molecule has 0 aliphatic carbocycles. The number of aromatic hydroxyl groups is 1. The van der Waals surface area contributed by atoms with Crippen molar-refractivity contribution >= 4 is 5.88 Å². The number of phenolic OH excluding ortho intramolecular Hbond substituents is 1. The molecule has 0 saturated carbocycles. The minimum atomic E-state index is -4.50. The van der Waals surface area contributed by atoms with Crippen molar-refractivity contribution in [1.82, 2.24) is 5.16 Å². The van der Waals surface area contributed by atoms with Gasteiger partial charge in [0.15, 0.2) is 0 Å². The molecule has 0 atom stereocenters. The molecule has 1 aromatic carbocycles. The van der Waals surface area contributed by atoms with E-state index < -0.39 is 17.5 Å². The zero-order valence-electron chi connectivity index (χ0n) is 8.32. The summed E-state index contributed by atoms with van der Waals surface area (Å²) in [5.74, 6) is -0.602. The first-order valence-corrected chi connectivity index (χ1v) is 4.50. The number of nitrogens with zero attached hydrogens (tertiary/aromatic N) is 1. The summed E-state index contributed by atoms with van der Waals surface area (Å²) < 4.78 is 41.6. The molecule has 0 fully saturated rings. The van der Waals surface area contributed by atoms with Crippen molar-refractivity contribution in [3.8, 4) is 16.9 Å². The second-order valence-electron chi connectivity index (χ2n) is 3.33. The van der Waals surface area contributed by atoms with Crippen molar-refractivity contribution in [3.05, 3.63) is 30.0 Å². The zero-order chi connectivity index (χ0) is 12.6. The summed E-state index contributed by atoms with van der Waals surface area (Å²) >= 11 is 0. The van der Waals surface area contributed by atoms with E-state index in [1.54, 1.807) is 0 Å². The SMILES string of the molecule is Nc1oncc1-c1ccc(C(F)(F)F)cc1O. The Bertz CT molecular complexity index is 549. The molecule has 17 heavy (non-hydrogen) atoms. The lowest BCUT2D eigenvalue weighted by atomic mass is 10.0. The van der Waals surface area contributed by atoms with Crippen LogP contribution in [0, 0.1) is 0 Å². The molecule has 3 N–H and O–H groups in total. The first-order valence-electron chi connectivity index (χ1n) is 4.50. The quantitative estimate of drug-likeness (QED) is 0.808. The molecule has 4 nitrogen and oxygen atoms in total. The minimum Gasteiger partial charge on any atom is -0.507 e. The highest BCUT2D eigenvalue weighted by molar-refractivity contribution is 5.77. The van der Waals surface area contributed by atoms with E-state index in [0.717, 1.165) is 12.1 Å². The second kappa shape index (κ2) is 3.69. The number of phenols is 1. The summed E-state index contributed by atoms with van der Waals surface area (Å²) in [4.78, 5) is 0. The Balaban J connectivity index is 2.50. The van der Waals surface area contributed by atoms with Gasteiger partial charge >= 0.3 is 6.18 Å². The van der Waals surface area contributed by atoms with Gasteiger partial charge in [0.1, 0.15) is 5.75 Å². The summed E-state index contributed by atoms with van der Waals surface area (Å²) in [7, 11) is 0. The molecule has 0 spiro atoms. The molecular weight excluding hydrogens is 237 g/mol. The first-order chi connectivity index (χ1) is 7.89. The molecule has 0 bridgehead atoms. The van der Waals surface area contributed by atoms with E-state index in [4.69, 9.17) is 5.73 Å². The van der Waals surface area contributed by atoms with Crippen molar-refractivity contribution in [3.63, 3.8) is 0 Å². The number of anilines is 1. The second-order valence-corrected chi connectivity index (χ2v) is 3.33. The third kappa shape index (κ3) is 2.03. The molecule has 2 aromatic rings. The predicted molar refractivity (Wildman–Crippen MR) is 53.0 cm³/mol. The Morgan fingerprint density at radius 2 is 1.94 bits per heavy atom. The third-order valence-corrected chi connectivity index (χ3v) is 2.21. The van der Waals surface area contributed by atoms with E-state index in [1.165, 1.54) is 6.20 Å². The van der Waals surface area contributed by atoms with Gasteiger partial charge in [-0.05, 0) is 18.2 Å². The van der Waals surface area contributed by atoms with Crippen LogP contribution in [0.5, 0.6) is 5.75 Å². The van der Waals surface area contributed by atoms with Crippen molar-refractivity contribution in [2.75, 3.05) is 5.73 Å². The summed E-state index contributed by atoms with van der Waals surface area (Å²) in [6.45, 7) is 0. The van der Waals surface area contributed by atoms with Gasteiger partial charge < -0.3 is 15.4 Å². The number of benzene rings is 1. The van der Waals surface area contributed by atoms with E-state index in [-0.39, 0.29) is 17.0 Å². The Kier molecular flexibility index (Phi) is 2.45. The lowest BCUT2D eigenvalue weighted by Gasteiger charge is -2.09. The number of rotatable bonds is 1. The highest BCUT2D eigenvalue weighted by Gasteiger charge is 2.31. The molecule has 7 heteroatoms. The maximum atomic E-state index is 12.4. The maximum absolute atomic E-state index is 12.4. The first kappa shape index (κ1) is 11.3. The van der Waals surface area contributed by atoms with Gasteiger partial charge in [-0.25, -0.2) is 0 Å². The van der Waals surface area contributed by atoms with Crippen molar-refractivity contribution in [2.45, 2.75) is 6.18 Å². The van der Waals surface area contributed by atoms with Gasteiger partial charge in [-0.15, -0.1) is 0 Å². The molecule has 0 aliphatic rings. The van der Waals surface area contributed by atoms with Crippen LogP contribution in [0.4, 0.5) is 19.1 Å². The Labute approximate surface area is 93.4 Å². The van der Waals surface area contributed by atoms with Crippen molar-refractivity contribution in [1.29, 1.82) is 0 Å². The highest BCUT2D eigenvalue weighted by atomic mass is 19.4. The maximum Gasteiger partial charge on any atom is 0.416 e. The predicted octanol–water partition coefficient (Wildman–Crippen LogP) is 2.65. The Hall–Kier alpha value is -2.18. The highest BCUT2D eigenvalue weighted by Crippen LogP contribution is 2.37. The van der Waals surface area contributed by atoms with Crippen LogP contribution in [0.25, 0.3) is 11.1 Å². The largest absolute Gasteiger partial charge is 0.507 e. The van der Waals surface area contributed by atoms with Gasteiger partial charge in [0.2, 0.25) is 5.88 Å². The Morgan fingerprint density at radius 1 is 1.24 bits per heavy atom. The van der Waals surface area contributed by atoms with E-state index in [0.29, 0.717) is 6.07 Å². The van der Waals surface area contributed by atoms with Crippen LogP contribution in [0.3, 0.4) is 0 Å². The molecule has 0 amide bonds. The van der Waals surface area contributed by atoms with Crippen LogP contribution in [-0.4, -0.2) is 10.3 Å². The summed E-state index contributed by atoms with van der Waals surface area (Å²) in [5, 5.41) is 12.9. The number of alkyl halides is 3. The van der Waals surface area contributed by atoms with E-state index >= 15 is 0 Å². The van der Waals surface area contributed by atoms with Crippen molar-refractivity contribution < 1.29 is 22.8 Å². The lowest BCUT2D eigenvalue weighted by Crippen LogP contribution is -2.04. The number of nitrogens with two attached hydrogens (primary N) is 1. The van der Waals surface area contributed by atoms with Gasteiger partial charge in [0.05, 0.1) is 17.3 Å². The average molecular weight is 244 g/mol.